The van der Waals surface area contributed by atoms with Gasteiger partial charge in [0.05, 0.1) is 12.1 Å². The van der Waals surface area contributed by atoms with Gasteiger partial charge in [-0.3, -0.25) is 15.4 Å². The van der Waals surface area contributed by atoms with Crippen LogP contribution >= 0.6 is 0 Å². The van der Waals surface area contributed by atoms with Crippen LogP contribution in [0, 0.1) is 6.92 Å². The Morgan fingerprint density at radius 1 is 1.33 bits per heavy atom. The van der Waals surface area contributed by atoms with E-state index in [1.54, 1.807) is 13.8 Å². The number of aromatic nitrogens is 2. The van der Waals surface area contributed by atoms with E-state index in [0.717, 1.165) is 25.7 Å². The van der Waals surface area contributed by atoms with Crippen molar-refractivity contribution in [3.63, 3.8) is 0 Å². The summed E-state index contributed by atoms with van der Waals surface area (Å²) in [7, 11) is 0. The molecule has 1 heterocycles. The van der Waals surface area contributed by atoms with Crippen molar-refractivity contribution in [1.82, 2.24) is 26.1 Å². The van der Waals surface area contributed by atoms with E-state index < -0.39 is 11.6 Å². The number of nitrogens with zero attached hydrogens (tertiary/aromatic N) is 2. The van der Waals surface area contributed by atoms with Crippen molar-refractivity contribution >= 4 is 11.9 Å². The summed E-state index contributed by atoms with van der Waals surface area (Å²) in [6, 6.07) is -0.486. The van der Waals surface area contributed by atoms with Gasteiger partial charge in [-0.05, 0) is 19.8 Å². The summed E-state index contributed by atoms with van der Waals surface area (Å²) >= 11 is 0. The van der Waals surface area contributed by atoms with E-state index in [9.17, 15) is 9.59 Å². The highest BCUT2D eigenvalue weighted by Crippen LogP contribution is 2.36. The summed E-state index contributed by atoms with van der Waals surface area (Å²) < 4.78 is 5.04. The Balaban J connectivity index is 1.95. The minimum atomic E-state index is -0.486. The lowest BCUT2D eigenvalue weighted by Crippen LogP contribution is -2.49. The van der Waals surface area contributed by atoms with Crippen LogP contribution in [0.4, 0.5) is 4.79 Å². The van der Waals surface area contributed by atoms with Crippen LogP contribution in [0.25, 0.3) is 0 Å². The molecule has 0 bridgehead atoms. The lowest BCUT2D eigenvalue weighted by atomic mass is 9.96. The summed E-state index contributed by atoms with van der Waals surface area (Å²) in [6.07, 6.45) is 3.78. The van der Waals surface area contributed by atoms with E-state index in [0.29, 0.717) is 18.3 Å². The van der Waals surface area contributed by atoms with Gasteiger partial charge in [-0.15, -0.1) is 0 Å². The zero-order chi connectivity index (χ0) is 15.3. The van der Waals surface area contributed by atoms with Gasteiger partial charge in [0.15, 0.2) is 5.82 Å². The van der Waals surface area contributed by atoms with Gasteiger partial charge in [-0.1, -0.05) is 18.0 Å². The highest BCUT2D eigenvalue weighted by Gasteiger charge is 2.39. The molecule has 1 saturated carbocycles. The molecule has 1 aromatic heterocycles. The second-order valence-corrected chi connectivity index (χ2v) is 5.19. The third-order valence-electron chi connectivity index (χ3n) is 3.59. The topological polar surface area (TPSA) is 109 Å². The van der Waals surface area contributed by atoms with Crippen molar-refractivity contribution in [3.8, 4) is 0 Å². The number of carbonyl (C=O) groups is 2. The molecule has 0 aromatic carbocycles. The molecule has 1 aliphatic carbocycles. The fraction of sp³-hybridized carbons (Fsp3) is 0.692. The van der Waals surface area contributed by atoms with Gasteiger partial charge < -0.3 is 9.84 Å². The molecule has 21 heavy (non-hydrogen) atoms. The molecule has 3 amide bonds. The summed E-state index contributed by atoms with van der Waals surface area (Å²) in [4.78, 5) is 27.3. The first-order valence-corrected chi connectivity index (χ1v) is 7.19. The molecule has 3 N–H and O–H groups in total. The maximum absolute atomic E-state index is 11.8. The van der Waals surface area contributed by atoms with Crippen molar-refractivity contribution in [2.75, 3.05) is 13.1 Å². The highest BCUT2D eigenvalue weighted by atomic mass is 16.5. The molecule has 1 aromatic rings. The number of rotatable bonds is 5. The first-order valence-electron chi connectivity index (χ1n) is 7.19. The Kier molecular flexibility index (Phi) is 4.89. The predicted molar refractivity (Wildman–Crippen MR) is 74.4 cm³/mol. The van der Waals surface area contributed by atoms with Gasteiger partial charge in [0, 0.05) is 13.5 Å². The number of hydrogen-bond donors (Lipinski definition) is 3. The molecule has 2 rings (SSSR count). The van der Waals surface area contributed by atoms with Crippen molar-refractivity contribution in [1.29, 1.82) is 0 Å². The molecular formula is C13H21N5O3. The fourth-order valence-corrected chi connectivity index (χ4v) is 2.58. The first kappa shape index (κ1) is 15.4. The third-order valence-corrected chi connectivity index (χ3v) is 3.59. The molecule has 1 fully saturated rings. The van der Waals surface area contributed by atoms with Crippen molar-refractivity contribution in [2.24, 2.45) is 0 Å². The second-order valence-electron chi connectivity index (χ2n) is 5.19. The molecule has 0 saturated heterocycles. The summed E-state index contributed by atoms with van der Waals surface area (Å²) in [5.41, 5.74) is -0.434. The molecule has 0 spiro atoms. The van der Waals surface area contributed by atoms with Crippen LogP contribution in [0.2, 0.25) is 0 Å². The monoisotopic (exact) mass is 295 g/mol. The minimum absolute atomic E-state index is 0.0325. The number of hydrogen-bond acceptors (Lipinski definition) is 6. The second kappa shape index (κ2) is 6.66. The zero-order valence-electron chi connectivity index (χ0n) is 12.4. The van der Waals surface area contributed by atoms with Crippen molar-refractivity contribution < 1.29 is 14.1 Å². The number of carbonyl (C=O) groups excluding carboxylic acids is 2. The van der Waals surface area contributed by atoms with Gasteiger partial charge >= 0.3 is 6.03 Å². The summed E-state index contributed by atoms with van der Waals surface area (Å²) in [5, 5.41) is 11.9. The number of amides is 3. The van der Waals surface area contributed by atoms with Gasteiger partial charge in [-0.25, -0.2) is 4.79 Å². The molecule has 0 aliphatic heterocycles. The van der Waals surface area contributed by atoms with Gasteiger partial charge in [0.2, 0.25) is 11.8 Å². The van der Waals surface area contributed by atoms with Gasteiger partial charge in [0.1, 0.15) is 0 Å². The van der Waals surface area contributed by atoms with Gasteiger partial charge in [0.25, 0.3) is 0 Å². The average molecular weight is 295 g/mol. The minimum Gasteiger partial charge on any atom is -0.340 e. The fourth-order valence-electron chi connectivity index (χ4n) is 2.58. The molecule has 1 aliphatic rings. The van der Waals surface area contributed by atoms with Crippen LogP contribution < -0.4 is 16.0 Å². The zero-order valence-corrected chi connectivity index (χ0v) is 12.4. The molecule has 0 atom stereocenters. The Hall–Kier alpha value is -1.96. The Bertz CT molecular complexity index is 508. The van der Waals surface area contributed by atoms with E-state index in [1.165, 1.54) is 0 Å². The molecular weight excluding hydrogens is 274 g/mol. The van der Waals surface area contributed by atoms with Crippen LogP contribution in [-0.4, -0.2) is 35.2 Å². The molecule has 8 heteroatoms. The Morgan fingerprint density at radius 3 is 2.62 bits per heavy atom. The Morgan fingerprint density at radius 2 is 2.05 bits per heavy atom. The molecule has 0 unspecified atom stereocenters. The van der Waals surface area contributed by atoms with E-state index in [4.69, 9.17) is 4.52 Å². The maximum Gasteiger partial charge on any atom is 0.321 e. The lowest BCUT2D eigenvalue weighted by Gasteiger charge is -2.26. The number of nitrogens with one attached hydrogen (secondary N) is 3. The van der Waals surface area contributed by atoms with Gasteiger partial charge in [-0.2, -0.15) is 4.98 Å². The van der Waals surface area contributed by atoms with Crippen LogP contribution in [0.15, 0.2) is 4.52 Å². The Labute approximate surface area is 123 Å². The normalized spacial score (nSPS) is 16.7. The standard InChI is InChI=1S/C13H21N5O3/c1-3-14-12(20)17-10(19)8-15-13(6-4-5-7-13)11-16-9(2)21-18-11/h15H,3-8H2,1-2H3,(H2,14,17,19,20). The van der Waals surface area contributed by atoms with E-state index >= 15 is 0 Å². The molecule has 116 valence electrons. The lowest BCUT2D eigenvalue weighted by molar-refractivity contribution is -0.119. The summed E-state index contributed by atoms with van der Waals surface area (Å²) in [6.45, 7) is 4.03. The number of aryl methyl sites for hydroxylation is 1. The van der Waals surface area contributed by atoms with Crippen LogP contribution in [0.1, 0.15) is 44.3 Å². The average Bonchev–Trinajstić information content (AvgIpc) is 3.06. The van der Waals surface area contributed by atoms with E-state index in [1.807, 2.05) is 0 Å². The van der Waals surface area contributed by atoms with Crippen LogP contribution in [0.5, 0.6) is 0 Å². The summed E-state index contributed by atoms with van der Waals surface area (Å²) in [5.74, 6) is 0.709. The smallest absolute Gasteiger partial charge is 0.321 e. The number of imide groups is 1. The number of urea groups is 1. The maximum atomic E-state index is 11.8. The largest absolute Gasteiger partial charge is 0.340 e. The van der Waals surface area contributed by atoms with E-state index in [2.05, 4.69) is 26.1 Å². The first-order chi connectivity index (χ1) is 10.1. The van der Waals surface area contributed by atoms with Crippen molar-refractivity contribution in [3.05, 3.63) is 11.7 Å². The van der Waals surface area contributed by atoms with Crippen LogP contribution in [-0.2, 0) is 10.3 Å². The van der Waals surface area contributed by atoms with Crippen molar-refractivity contribution in [2.45, 2.75) is 45.1 Å². The third kappa shape index (κ3) is 3.78. The predicted octanol–water partition coefficient (Wildman–Crippen LogP) is 0.583. The SMILES string of the molecule is CCNC(=O)NC(=O)CNC1(c2noc(C)n2)CCCC1. The van der Waals surface area contributed by atoms with Crippen LogP contribution in [0.3, 0.4) is 0 Å². The quantitative estimate of drug-likeness (QED) is 0.733. The highest BCUT2D eigenvalue weighted by molar-refractivity contribution is 5.95. The molecule has 0 radical (unpaired) electrons. The van der Waals surface area contributed by atoms with E-state index in [-0.39, 0.29) is 12.5 Å². The molecule has 8 nitrogen and oxygen atoms in total.